The van der Waals surface area contributed by atoms with Gasteiger partial charge in [-0.2, -0.15) is 4.39 Å². The minimum atomic E-state index is -0.940. The van der Waals surface area contributed by atoms with Crippen LogP contribution in [0.15, 0.2) is 45.9 Å². The second kappa shape index (κ2) is 9.67. The first-order valence-electron chi connectivity index (χ1n) is 9.64. The molecule has 3 aromatic rings. The van der Waals surface area contributed by atoms with E-state index in [1.165, 1.54) is 25.5 Å². The third-order valence-corrected chi connectivity index (χ3v) is 4.97. The van der Waals surface area contributed by atoms with E-state index in [2.05, 4.69) is 21.6 Å². The van der Waals surface area contributed by atoms with Gasteiger partial charge < -0.3 is 18.9 Å². The van der Waals surface area contributed by atoms with E-state index in [1.54, 1.807) is 12.3 Å². The maximum Gasteiger partial charge on any atom is 0.231 e. The number of nitrogens with zero attached hydrogens (tertiary/aromatic N) is 1. The summed E-state index contributed by atoms with van der Waals surface area (Å²) >= 11 is 0. The number of ether oxygens (including phenoxy) is 2. The Balaban J connectivity index is 0.000000216. The third-order valence-electron chi connectivity index (χ3n) is 4.97. The van der Waals surface area contributed by atoms with Gasteiger partial charge in [0.2, 0.25) is 11.7 Å². The average Bonchev–Trinajstić information content (AvgIpc) is 3.25. The molecule has 6 nitrogen and oxygen atoms in total. The molecule has 2 atom stereocenters. The summed E-state index contributed by atoms with van der Waals surface area (Å²) in [7, 11) is 1.29. The standard InChI is InChI=1S/C15H18N2O3.C7H6F2O/c1-9-3-4-11(8-20-9)12-7-13(18)14(10(2)17-12)15-16-5-6-19-15;1-10-6-4-2-3-5(8)7(6)9/h5-7,9,11H,3-4,8H2,1-2H3,(H,17,18);2-4H,1H3. The normalized spacial score (nSPS) is 18.4. The monoisotopic (exact) mass is 418 g/mol. The van der Waals surface area contributed by atoms with Crippen LogP contribution in [0.1, 0.15) is 37.1 Å². The molecule has 1 fully saturated rings. The lowest BCUT2D eigenvalue weighted by Gasteiger charge is -2.27. The molecule has 4 rings (SSSR count). The molecule has 0 amide bonds. The van der Waals surface area contributed by atoms with Crippen molar-refractivity contribution in [1.29, 1.82) is 0 Å². The van der Waals surface area contributed by atoms with Crippen LogP contribution in [0.25, 0.3) is 11.5 Å². The second-order valence-corrected chi connectivity index (χ2v) is 7.10. The van der Waals surface area contributed by atoms with Gasteiger partial charge in [0.15, 0.2) is 17.0 Å². The van der Waals surface area contributed by atoms with Gasteiger partial charge in [-0.15, -0.1) is 0 Å². The number of aromatic nitrogens is 2. The number of hydrogen-bond acceptors (Lipinski definition) is 5. The zero-order valence-corrected chi connectivity index (χ0v) is 17.1. The average molecular weight is 418 g/mol. The molecule has 0 aliphatic carbocycles. The van der Waals surface area contributed by atoms with E-state index < -0.39 is 11.6 Å². The fraction of sp³-hybridized carbons (Fsp3) is 0.364. The molecule has 0 radical (unpaired) electrons. The number of oxazole rings is 1. The van der Waals surface area contributed by atoms with Crippen molar-refractivity contribution >= 4 is 0 Å². The van der Waals surface area contributed by atoms with Crippen LogP contribution in [0.2, 0.25) is 0 Å². The van der Waals surface area contributed by atoms with E-state index in [1.807, 2.05) is 6.92 Å². The zero-order valence-electron chi connectivity index (χ0n) is 17.1. The Labute approximate surface area is 172 Å². The van der Waals surface area contributed by atoms with Gasteiger partial charge in [0.05, 0.1) is 26.0 Å². The maximum atomic E-state index is 12.5. The van der Waals surface area contributed by atoms with Gasteiger partial charge in [-0.3, -0.25) is 4.79 Å². The van der Waals surface area contributed by atoms with Crippen LogP contribution in [0.5, 0.6) is 5.75 Å². The predicted molar refractivity (Wildman–Crippen MR) is 108 cm³/mol. The number of aryl methyl sites for hydroxylation is 1. The van der Waals surface area contributed by atoms with Crippen LogP contribution in [-0.2, 0) is 4.74 Å². The van der Waals surface area contributed by atoms with Gasteiger partial charge in [-0.25, -0.2) is 9.37 Å². The van der Waals surface area contributed by atoms with Gasteiger partial charge in [-0.1, -0.05) is 6.07 Å². The van der Waals surface area contributed by atoms with Crippen molar-refractivity contribution in [3.63, 3.8) is 0 Å². The van der Waals surface area contributed by atoms with Crippen molar-refractivity contribution in [3.8, 4) is 17.2 Å². The molecule has 0 bridgehead atoms. The summed E-state index contributed by atoms with van der Waals surface area (Å²) in [5.74, 6) is -1.27. The molecule has 2 aromatic heterocycles. The lowest BCUT2D eigenvalue weighted by atomic mass is 9.94. The van der Waals surface area contributed by atoms with Gasteiger partial charge >= 0.3 is 0 Å². The molecule has 1 aliphatic heterocycles. The largest absolute Gasteiger partial charge is 0.494 e. The van der Waals surface area contributed by atoms with Crippen LogP contribution in [0, 0.1) is 18.6 Å². The topological polar surface area (TPSA) is 77.4 Å². The first kappa shape index (κ1) is 21.7. The summed E-state index contributed by atoms with van der Waals surface area (Å²) in [6.45, 7) is 4.61. The summed E-state index contributed by atoms with van der Waals surface area (Å²) < 4.78 is 40.2. The minimum absolute atomic E-state index is 0.0580. The highest BCUT2D eigenvalue weighted by Crippen LogP contribution is 2.27. The van der Waals surface area contributed by atoms with Crippen LogP contribution < -0.4 is 10.2 Å². The Kier molecular flexibility index (Phi) is 6.99. The molecule has 3 heterocycles. The van der Waals surface area contributed by atoms with Gasteiger partial charge in [0.25, 0.3) is 0 Å². The lowest BCUT2D eigenvalue weighted by molar-refractivity contribution is 0.0146. The smallest absolute Gasteiger partial charge is 0.231 e. The highest BCUT2D eigenvalue weighted by Gasteiger charge is 2.23. The van der Waals surface area contributed by atoms with Crippen LogP contribution in [0.4, 0.5) is 8.78 Å². The number of methoxy groups -OCH3 is 1. The van der Waals surface area contributed by atoms with Gasteiger partial charge in [-0.05, 0) is 38.8 Å². The molecule has 1 N–H and O–H groups in total. The van der Waals surface area contributed by atoms with Crippen molar-refractivity contribution in [1.82, 2.24) is 9.97 Å². The number of hydrogen-bond donors (Lipinski definition) is 1. The molecule has 0 saturated carbocycles. The third kappa shape index (κ3) is 4.94. The van der Waals surface area contributed by atoms with E-state index in [4.69, 9.17) is 9.15 Å². The van der Waals surface area contributed by atoms with E-state index >= 15 is 0 Å². The molecule has 30 heavy (non-hydrogen) atoms. The fourth-order valence-electron chi connectivity index (χ4n) is 3.32. The molecule has 2 unspecified atom stereocenters. The SMILES string of the molecule is COc1cccc(F)c1F.Cc1[nH]c(C2CCC(C)OC2)cc(=O)c1-c1ncco1. The van der Waals surface area contributed by atoms with E-state index in [0.717, 1.165) is 30.3 Å². The molecule has 0 spiro atoms. The Morgan fingerprint density at radius 2 is 2.07 bits per heavy atom. The lowest BCUT2D eigenvalue weighted by Crippen LogP contribution is -2.24. The Morgan fingerprint density at radius 3 is 2.63 bits per heavy atom. The molecule has 160 valence electrons. The quantitative estimate of drug-likeness (QED) is 0.673. The maximum absolute atomic E-state index is 12.5. The predicted octanol–water partition coefficient (Wildman–Crippen LogP) is 4.59. The zero-order chi connectivity index (χ0) is 21.7. The first-order chi connectivity index (χ1) is 14.4. The molecule has 8 heteroatoms. The van der Waals surface area contributed by atoms with Crippen molar-refractivity contribution < 1.29 is 22.7 Å². The number of halogens is 2. The molecular weight excluding hydrogens is 394 g/mol. The van der Waals surface area contributed by atoms with Crippen LogP contribution in [0.3, 0.4) is 0 Å². The number of H-pyrrole nitrogens is 1. The van der Waals surface area contributed by atoms with Crippen LogP contribution >= 0.6 is 0 Å². The number of pyridine rings is 1. The first-order valence-corrected chi connectivity index (χ1v) is 9.64. The summed E-state index contributed by atoms with van der Waals surface area (Å²) in [6, 6.07) is 5.43. The van der Waals surface area contributed by atoms with E-state index in [0.29, 0.717) is 24.2 Å². The summed E-state index contributed by atoms with van der Waals surface area (Å²) in [5, 5.41) is 0. The van der Waals surface area contributed by atoms with E-state index in [9.17, 15) is 13.6 Å². The van der Waals surface area contributed by atoms with Crippen molar-refractivity contribution in [3.05, 3.63) is 70.0 Å². The molecular formula is C22H24F2N2O4. The highest BCUT2D eigenvalue weighted by atomic mass is 19.2. The minimum Gasteiger partial charge on any atom is -0.494 e. The second-order valence-electron chi connectivity index (χ2n) is 7.10. The molecule has 1 saturated heterocycles. The number of aromatic amines is 1. The highest BCUT2D eigenvalue weighted by molar-refractivity contribution is 5.56. The Morgan fingerprint density at radius 1 is 1.27 bits per heavy atom. The van der Waals surface area contributed by atoms with E-state index in [-0.39, 0.29) is 17.1 Å². The van der Waals surface area contributed by atoms with Gasteiger partial charge in [0, 0.05) is 23.4 Å². The van der Waals surface area contributed by atoms with Crippen molar-refractivity contribution in [2.24, 2.45) is 0 Å². The van der Waals surface area contributed by atoms with Crippen molar-refractivity contribution in [2.45, 2.75) is 38.7 Å². The number of rotatable bonds is 3. The van der Waals surface area contributed by atoms with Gasteiger partial charge in [0.1, 0.15) is 11.8 Å². The Hall–Kier alpha value is -3.00. The summed E-state index contributed by atoms with van der Waals surface area (Å²) in [4.78, 5) is 19.7. The molecule has 1 aliphatic rings. The summed E-state index contributed by atoms with van der Waals surface area (Å²) in [5.41, 5.74) is 2.17. The number of nitrogens with one attached hydrogen (secondary N) is 1. The fourth-order valence-corrected chi connectivity index (χ4v) is 3.32. The Bertz CT molecular complexity index is 1030. The molecule has 1 aromatic carbocycles. The van der Waals surface area contributed by atoms with Crippen molar-refractivity contribution in [2.75, 3.05) is 13.7 Å². The summed E-state index contributed by atoms with van der Waals surface area (Å²) in [6.07, 6.45) is 5.38. The number of benzene rings is 1. The van der Waals surface area contributed by atoms with Crippen LogP contribution in [-0.4, -0.2) is 29.8 Å².